The van der Waals surface area contributed by atoms with Crippen molar-refractivity contribution in [2.24, 2.45) is 10.9 Å². The van der Waals surface area contributed by atoms with Crippen LogP contribution in [-0.2, 0) is 6.61 Å². The van der Waals surface area contributed by atoms with Gasteiger partial charge in [-0.15, -0.1) is 0 Å². The van der Waals surface area contributed by atoms with E-state index in [2.05, 4.69) is 10.1 Å². The van der Waals surface area contributed by atoms with E-state index >= 15 is 0 Å². The number of pyridine rings is 1. The zero-order valence-corrected chi connectivity index (χ0v) is 11.0. The van der Waals surface area contributed by atoms with Gasteiger partial charge in [0, 0.05) is 17.8 Å². The minimum atomic E-state index is -0.0557. The molecule has 2 aromatic rings. The lowest BCUT2D eigenvalue weighted by Crippen LogP contribution is -2.18. The van der Waals surface area contributed by atoms with Gasteiger partial charge in [-0.25, -0.2) is 0 Å². The van der Waals surface area contributed by atoms with Crippen molar-refractivity contribution in [1.29, 1.82) is 0 Å². The summed E-state index contributed by atoms with van der Waals surface area (Å²) in [6, 6.07) is 8.88. The molecular formula is C14H13N3O4. The fourth-order valence-corrected chi connectivity index (χ4v) is 1.96. The maximum Gasteiger partial charge on any atom is 0.231 e. The Bertz CT molecular complexity index is 688. The first kappa shape index (κ1) is 13.0. The van der Waals surface area contributed by atoms with Gasteiger partial charge in [-0.1, -0.05) is 11.2 Å². The summed E-state index contributed by atoms with van der Waals surface area (Å²) >= 11 is 0. The molecule has 0 atom stereocenters. The van der Waals surface area contributed by atoms with Crippen molar-refractivity contribution < 1.29 is 19.4 Å². The van der Waals surface area contributed by atoms with Crippen LogP contribution in [0.3, 0.4) is 0 Å². The number of amidine groups is 1. The SMILES string of the molecule is NC(=NO)c1ncccc1COc1ccc2c(c1)OCO2. The number of fused-ring (bicyclic) bond motifs is 1. The van der Waals surface area contributed by atoms with Gasteiger partial charge in [-0.05, 0) is 18.2 Å². The van der Waals surface area contributed by atoms with Crippen molar-refractivity contribution in [2.75, 3.05) is 6.79 Å². The van der Waals surface area contributed by atoms with Crippen molar-refractivity contribution in [3.05, 3.63) is 47.8 Å². The minimum Gasteiger partial charge on any atom is -0.489 e. The van der Waals surface area contributed by atoms with Crippen molar-refractivity contribution >= 4 is 5.84 Å². The summed E-state index contributed by atoms with van der Waals surface area (Å²) in [5.74, 6) is 1.92. The molecule has 7 nitrogen and oxygen atoms in total. The highest BCUT2D eigenvalue weighted by molar-refractivity contribution is 5.96. The zero-order chi connectivity index (χ0) is 14.7. The minimum absolute atomic E-state index is 0.0557. The molecule has 21 heavy (non-hydrogen) atoms. The second-order valence-electron chi connectivity index (χ2n) is 4.30. The van der Waals surface area contributed by atoms with Crippen LogP contribution in [0.5, 0.6) is 17.2 Å². The van der Waals surface area contributed by atoms with Crippen LogP contribution in [-0.4, -0.2) is 22.8 Å². The Hall–Kier alpha value is -2.96. The summed E-state index contributed by atoms with van der Waals surface area (Å²) in [4.78, 5) is 4.08. The number of oxime groups is 1. The monoisotopic (exact) mass is 287 g/mol. The molecule has 0 aliphatic carbocycles. The molecule has 2 heterocycles. The Morgan fingerprint density at radius 2 is 2.19 bits per heavy atom. The molecule has 0 radical (unpaired) electrons. The fraction of sp³-hybridized carbons (Fsp3) is 0.143. The van der Waals surface area contributed by atoms with Crippen molar-refractivity contribution in [1.82, 2.24) is 4.98 Å². The molecular weight excluding hydrogens is 274 g/mol. The lowest BCUT2D eigenvalue weighted by molar-refractivity contribution is 0.173. The van der Waals surface area contributed by atoms with Gasteiger partial charge in [0.15, 0.2) is 17.3 Å². The Morgan fingerprint density at radius 1 is 1.33 bits per heavy atom. The van der Waals surface area contributed by atoms with E-state index in [-0.39, 0.29) is 19.2 Å². The smallest absolute Gasteiger partial charge is 0.231 e. The van der Waals surface area contributed by atoms with Crippen molar-refractivity contribution in [3.63, 3.8) is 0 Å². The van der Waals surface area contributed by atoms with Gasteiger partial charge in [0.05, 0.1) is 0 Å². The number of benzene rings is 1. The summed E-state index contributed by atoms with van der Waals surface area (Å²) < 4.78 is 16.2. The maximum atomic E-state index is 8.76. The van der Waals surface area contributed by atoms with Crippen LogP contribution in [0, 0.1) is 0 Å². The van der Waals surface area contributed by atoms with E-state index in [9.17, 15) is 0 Å². The fourth-order valence-electron chi connectivity index (χ4n) is 1.96. The number of hydrogen-bond donors (Lipinski definition) is 2. The third-order valence-corrected chi connectivity index (χ3v) is 2.98. The summed E-state index contributed by atoms with van der Waals surface area (Å²) in [5.41, 5.74) is 6.69. The number of nitrogens with zero attached hydrogens (tertiary/aromatic N) is 2. The van der Waals surface area contributed by atoms with Gasteiger partial charge in [-0.2, -0.15) is 0 Å². The molecule has 0 saturated heterocycles. The Labute approximate surface area is 120 Å². The van der Waals surface area contributed by atoms with E-state index < -0.39 is 0 Å². The van der Waals surface area contributed by atoms with Gasteiger partial charge in [-0.3, -0.25) is 4.98 Å². The highest BCUT2D eigenvalue weighted by Crippen LogP contribution is 2.35. The van der Waals surface area contributed by atoms with Crippen LogP contribution in [0.15, 0.2) is 41.7 Å². The lowest BCUT2D eigenvalue weighted by Gasteiger charge is -2.09. The average Bonchev–Trinajstić information content (AvgIpc) is 3.00. The van der Waals surface area contributed by atoms with Crippen LogP contribution in [0.2, 0.25) is 0 Å². The largest absolute Gasteiger partial charge is 0.489 e. The normalized spacial score (nSPS) is 13.2. The number of nitrogens with two attached hydrogens (primary N) is 1. The summed E-state index contributed by atoms with van der Waals surface area (Å²) in [6.07, 6.45) is 1.57. The molecule has 0 fully saturated rings. The highest BCUT2D eigenvalue weighted by Gasteiger charge is 2.14. The molecule has 0 amide bonds. The number of aromatic nitrogens is 1. The third-order valence-electron chi connectivity index (χ3n) is 2.98. The first-order chi connectivity index (χ1) is 10.3. The molecule has 1 aromatic carbocycles. The van der Waals surface area contributed by atoms with E-state index in [0.29, 0.717) is 28.5 Å². The van der Waals surface area contributed by atoms with E-state index in [0.717, 1.165) is 0 Å². The Kier molecular flexibility index (Phi) is 3.46. The van der Waals surface area contributed by atoms with Crippen LogP contribution < -0.4 is 19.9 Å². The second-order valence-corrected chi connectivity index (χ2v) is 4.30. The Morgan fingerprint density at radius 3 is 3.05 bits per heavy atom. The van der Waals surface area contributed by atoms with Crippen LogP contribution in [0.1, 0.15) is 11.3 Å². The van der Waals surface area contributed by atoms with Crippen LogP contribution in [0.4, 0.5) is 0 Å². The number of hydrogen-bond acceptors (Lipinski definition) is 6. The van der Waals surface area contributed by atoms with Crippen LogP contribution >= 0.6 is 0 Å². The molecule has 1 aliphatic rings. The maximum absolute atomic E-state index is 8.76. The molecule has 0 bridgehead atoms. The van der Waals surface area contributed by atoms with E-state index in [4.69, 9.17) is 25.2 Å². The van der Waals surface area contributed by atoms with E-state index in [1.807, 2.05) is 0 Å². The lowest BCUT2D eigenvalue weighted by atomic mass is 10.2. The van der Waals surface area contributed by atoms with Gasteiger partial charge >= 0.3 is 0 Å². The van der Waals surface area contributed by atoms with Crippen molar-refractivity contribution in [3.8, 4) is 17.2 Å². The standard InChI is InChI=1S/C14H13N3O4/c15-14(17-18)13-9(2-1-5-16-13)7-19-10-3-4-11-12(6-10)21-8-20-11/h1-6,18H,7-8H2,(H2,15,17). The summed E-state index contributed by atoms with van der Waals surface area (Å²) in [6.45, 7) is 0.452. The van der Waals surface area contributed by atoms with E-state index in [1.54, 1.807) is 36.5 Å². The molecule has 108 valence electrons. The molecule has 1 aliphatic heterocycles. The summed E-state index contributed by atoms with van der Waals surface area (Å²) in [7, 11) is 0. The second kappa shape index (κ2) is 5.58. The average molecular weight is 287 g/mol. The highest BCUT2D eigenvalue weighted by atomic mass is 16.7. The van der Waals surface area contributed by atoms with Gasteiger partial charge in [0.25, 0.3) is 0 Å². The first-order valence-corrected chi connectivity index (χ1v) is 6.22. The molecule has 3 rings (SSSR count). The number of rotatable bonds is 4. The number of ether oxygens (including phenoxy) is 3. The Balaban J connectivity index is 1.76. The van der Waals surface area contributed by atoms with Gasteiger partial charge in [0.1, 0.15) is 18.1 Å². The van der Waals surface area contributed by atoms with Gasteiger partial charge in [0.2, 0.25) is 6.79 Å². The molecule has 3 N–H and O–H groups in total. The molecule has 1 aromatic heterocycles. The first-order valence-electron chi connectivity index (χ1n) is 6.22. The predicted octanol–water partition coefficient (Wildman–Crippen LogP) is 1.48. The predicted molar refractivity (Wildman–Crippen MR) is 73.6 cm³/mol. The molecule has 0 saturated carbocycles. The van der Waals surface area contributed by atoms with Gasteiger partial charge < -0.3 is 25.2 Å². The topological polar surface area (TPSA) is 99.2 Å². The molecule has 7 heteroatoms. The van der Waals surface area contributed by atoms with Crippen LogP contribution in [0.25, 0.3) is 0 Å². The van der Waals surface area contributed by atoms with E-state index in [1.165, 1.54) is 0 Å². The molecule has 0 spiro atoms. The molecule has 0 unspecified atom stereocenters. The quantitative estimate of drug-likeness (QED) is 0.382. The zero-order valence-electron chi connectivity index (χ0n) is 11.0. The van der Waals surface area contributed by atoms with Crippen molar-refractivity contribution in [2.45, 2.75) is 6.61 Å². The third kappa shape index (κ3) is 2.66. The summed E-state index contributed by atoms with van der Waals surface area (Å²) in [5, 5.41) is 11.7.